The third kappa shape index (κ3) is 5.82. The van der Waals surface area contributed by atoms with Gasteiger partial charge in [0, 0.05) is 0 Å². The van der Waals surface area contributed by atoms with Gasteiger partial charge in [-0.1, -0.05) is 44.9 Å². The summed E-state index contributed by atoms with van der Waals surface area (Å²) < 4.78 is 22.8. The fraction of sp³-hybridized carbons (Fsp3) is 0.500. The molecule has 0 spiro atoms. The van der Waals surface area contributed by atoms with E-state index in [9.17, 15) is 15.2 Å². The van der Waals surface area contributed by atoms with Crippen LogP contribution in [-0.2, 0) is 11.2 Å². The molecule has 1 aliphatic rings. The molecule has 2 aromatic rings. The molecule has 0 aliphatic carbocycles. The third-order valence-corrected chi connectivity index (χ3v) is 7.21. The van der Waals surface area contributed by atoms with Crippen molar-refractivity contribution >= 4 is 5.97 Å². The van der Waals surface area contributed by atoms with E-state index >= 15 is 0 Å². The lowest BCUT2D eigenvalue weighted by atomic mass is 9.68. The molecule has 0 aromatic heterocycles. The molecule has 1 N–H and O–H groups in total. The highest BCUT2D eigenvalue weighted by Crippen LogP contribution is 2.44. The zero-order chi connectivity index (χ0) is 25.4. The molecule has 7 nitrogen and oxygen atoms in total. The highest BCUT2D eigenvalue weighted by Gasteiger charge is 2.46. The average molecular weight is 482 g/mol. The van der Waals surface area contributed by atoms with E-state index in [1.54, 1.807) is 20.3 Å². The van der Waals surface area contributed by atoms with E-state index < -0.39 is 23.4 Å². The van der Waals surface area contributed by atoms with E-state index in [0.717, 1.165) is 12.0 Å². The largest absolute Gasteiger partial charge is 0.493 e. The first kappa shape index (κ1) is 26.2. The van der Waals surface area contributed by atoms with Crippen molar-refractivity contribution in [2.75, 3.05) is 20.8 Å². The first-order valence-corrected chi connectivity index (χ1v) is 12.1. The first-order valence-electron chi connectivity index (χ1n) is 12.1. The van der Waals surface area contributed by atoms with E-state index in [2.05, 4.69) is 19.9 Å². The van der Waals surface area contributed by atoms with Crippen molar-refractivity contribution in [2.45, 2.75) is 52.1 Å². The molecule has 0 fully saturated rings. The molecule has 2 aromatic carbocycles. The second-order valence-electron chi connectivity index (χ2n) is 9.15. The van der Waals surface area contributed by atoms with Crippen LogP contribution in [0.5, 0.6) is 23.0 Å². The number of hydrogen-bond acceptors (Lipinski definition) is 6. The molecular formula is C28H35NO6. The zero-order valence-electron chi connectivity index (χ0n) is 21.0. The molecule has 1 aliphatic heterocycles. The van der Waals surface area contributed by atoms with E-state index in [1.807, 2.05) is 36.4 Å². The van der Waals surface area contributed by atoms with Gasteiger partial charge in [-0.3, -0.25) is 4.79 Å². The van der Waals surface area contributed by atoms with Gasteiger partial charge in [0.1, 0.15) is 12.0 Å². The molecule has 7 heteroatoms. The zero-order valence-corrected chi connectivity index (χ0v) is 21.0. The van der Waals surface area contributed by atoms with Gasteiger partial charge in [-0.05, 0) is 55.0 Å². The van der Waals surface area contributed by atoms with E-state index in [4.69, 9.17) is 18.9 Å². The molecule has 0 saturated heterocycles. The monoisotopic (exact) mass is 481 g/mol. The van der Waals surface area contributed by atoms with Crippen LogP contribution in [0.4, 0.5) is 0 Å². The summed E-state index contributed by atoms with van der Waals surface area (Å²) in [6, 6.07) is 15.5. The summed E-state index contributed by atoms with van der Waals surface area (Å²) in [7, 11) is 3.12. The van der Waals surface area contributed by atoms with Crippen LogP contribution in [-0.4, -0.2) is 38.0 Å². The van der Waals surface area contributed by atoms with Gasteiger partial charge in [-0.2, -0.15) is 5.26 Å². The van der Waals surface area contributed by atoms with Gasteiger partial charge in [0.2, 0.25) is 0 Å². The van der Waals surface area contributed by atoms with Crippen molar-refractivity contribution in [1.82, 2.24) is 0 Å². The predicted molar refractivity (Wildman–Crippen MR) is 132 cm³/mol. The van der Waals surface area contributed by atoms with Gasteiger partial charge in [0.25, 0.3) is 0 Å². The lowest BCUT2D eigenvalue weighted by Gasteiger charge is -2.41. The van der Waals surface area contributed by atoms with Crippen molar-refractivity contribution in [3.63, 3.8) is 0 Å². The van der Waals surface area contributed by atoms with E-state index in [-0.39, 0.29) is 5.92 Å². The number of hydrogen-bond donors (Lipinski definition) is 1. The Bertz CT molecular complexity index is 1050. The number of benzene rings is 2. The number of para-hydroxylation sites is 2. The number of nitriles is 1. The standard InChI is InChI=1S/C28H35NO6/c1-5-19(2)28(18-29,26-17-34-23-10-6-7-11-24(23)35-26)14-8-9-21(27(30)31)15-20-12-13-22(32-3)25(16-20)33-4/h6-7,10-13,16,19,21,26H,5,8-9,14-15,17H2,1-4H3,(H,30,31). The van der Waals surface area contributed by atoms with E-state index in [1.165, 1.54) is 0 Å². The lowest BCUT2D eigenvalue weighted by molar-refractivity contribution is -0.142. The number of carboxylic acid groups (broad SMARTS) is 1. The van der Waals surface area contributed by atoms with Crippen molar-refractivity contribution in [3.8, 4) is 29.1 Å². The summed E-state index contributed by atoms with van der Waals surface area (Å²) in [5.74, 6) is 1.13. The van der Waals surface area contributed by atoms with Crippen molar-refractivity contribution < 1.29 is 28.8 Å². The normalized spacial score (nSPS) is 18.0. The third-order valence-electron chi connectivity index (χ3n) is 7.21. The SMILES string of the molecule is CCC(C)C(C#N)(CCCC(Cc1ccc(OC)c(OC)c1)C(=O)O)C1COc2ccccc2O1. The van der Waals surface area contributed by atoms with E-state index in [0.29, 0.717) is 55.3 Å². The van der Waals surface area contributed by atoms with Crippen LogP contribution >= 0.6 is 0 Å². The Morgan fingerprint density at radius 2 is 1.91 bits per heavy atom. The molecule has 3 rings (SSSR count). The highest BCUT2D eigenvalue weighted by molar-refractivity contribution is 5.70. The maximum absolute atomic E-state index is 12.1. The molecule has 4 atom stereocenters. The molecule has 0 radical (unpaired) electrons. The quantitative estimate of drug-likeness (QED) is 0.427. The Morgan fingerprint density at radius 3 is 2.54 bits per heavy atom. The molecular weight excluding hydrogens is 446 g/mol. The molecule has 0 bridgehead atoms. The molecule has 1 heterocycles. The van der Waals surface area contributed by atoms with Crippen LogP contribution in [0.1, 0.15) is 45.1 Å². The second kappa shape index (κ2) is 11.8. The highest BCUT2D eigenvalue weighted by atomic mass is 16.6. The number of nitrogens with zero attached hydrogens (tertiary/aromatic N) is 1. The summed E-state index contributed by atoms with van der Waals surface area (Å²) in [5, 5.41) is 20.3. The topological polar surface area (TPSA) is 98.0 Å². The van der Waals surface area contributed by atoms with Gasteiger partial charge >= 0.3 is 5.97 Å². The van der Waals surface area contributed by atoms with Crippen molar-refractivity contribution in [2.24, 2.45) is 17.3 Å². The van der Waals surface area contributed by atoms with Crippen LogP contribution in [0.15, 0.2) is 42.5 Å². The summed E-state index contributed by atoms with van der Waals surface area (Å²) in [6.07, 6.45) is 2.33. The van der Waals surface area contributed by atoms with Crippen LogP contribution in [0.25, 0.3) is 0 Å². The number of ether oxygens (including phenoxy) is 4. The first-order chi connectivity index (χ1) is 16.9. The fourth-order valence-corrected chi connectivity index (χ4v) is 4.85. The maximum Gasteiger partial charge on any atom is 0.306 e. The Morgan fingerprint density at radius 1 is 1.20 bits per heavy atom. The number of methoxy groups -OCH3 is 2. The second-order valence-corrected chi connectivity index (χ2v) is 9.15. The number of fused-ring (bicyclic) bond motifs is 1. The molecule has 0 saturated carbocycles. The van der Waals surface area contributed by atoms with Crippen LogP contribution in [0.3, 0.4) is 0 Å². The van der Waals surface area contributed by atoms with Gasteiger partial charge < -0.3 is 24.1 Å². The minimum atomic E-state index is -0.850. The van der Waals surface area contributed by atoms with Gasteiger partial charge in [-0.15, -0.1) is 0 Å². The van der Waals surface area contributed by atoms with Gasteiger partial charge in [0.15, 0.2) is 29.1 Å². The van der Waals surface area contributed by atoms with Crippen molar-refractivity contribution in [3.05, 3.63) is 48.0 Å². The molecule has 35 heavy (non-hydrogen) atoms. The predicted octanol–water partition coefficient (Wildman–Crippen LogP) is 5.51. The Labute approximate surface area is 207 Å². The molecule has 188 valence electrons. The Balaban J connectivity index is 1.73. The molecule has 0 amide bonds. The minimum Gasteiger partial charge on any atom is -0.493 e. The summed E-state index contributed by atoms with van der Waals surface area (Å²) in [4.78, 5) is 12.1. The van der Waals surface area contributed by atoms with Gasteiger partial charge in [-0.25, -0.2) is 0 Å². The average Bonchev–Trinajstić information content (AvgIpc) is 2.89. The smallest absolute Gasteiger partial charge is 0.306 e. The lowest BCUT2D eigenvalue weighted by Crippen LogP contribution is -2.48. The number of rotatable bonds is 12. The Kier molecular flexibility index (Phi) is 8.86. The summed E-state index contributed by atoms with van der Waals surface area (Å²) >= 11 is 0. The van der Waals surface area contributed by atoms with Crippen LogP contribution in [0.2, 0.25) is 0 Å². The number of aliphatic carboxylic acids is 1. The minimum absolute atomic E-state index is 0.0560. The number of carboxylic acids is 1. The van der Waals surface area contributed by atoms with Gasteiger partial charge in [0.05, 0.1) is 26.2 Å². The van der Waals surface area contributed by atoms with Crippen molar-refractivity contribution in [1.29, 1.82) is 5.26 Å². The fourth-order valence-electron chi connectivity index (χ4n) is 4.85. The molecule has 4 unspecified atom stereocenters. The maximum atomic E-state index is 12.1. The van der Waals surface area contributed by atoms with Crippen LogP contribution < -0.4 is 18.9 Å². The number of carbonyl (C=O) groups is 1. The Hall–Kier alpha value is -3.40. The summed E-state index contributed by atoms with van der Waals surface area (Å²) in [5.41, 5.74) is 0.0819. The summed E-state index contributed by atoms with van der Waals surface area (Å²) in [6.45, 7) is 4.42. The van der Waals surface area contributed by atoms with Crippen LogP contribution in [0, 0.1) is 28.6 Å².